The van der Waals surface area contributed by atoms with Crippen LogP contribution in [0.5, 0.6) is 5.75 Å². The Morgan fingerprint density at radius 1 is 1.24 bits per heavy atom. The number of phenols is 1. The number of halogens is 1. The smallest absolute Gasteiger partial charge is 0.168 e. The monoisotopic (exact) mass is 304 g/mol. The predicted molar refractivity (Wildman–Crippen MR) is 85.2 cm³/mol. The molecule has 1 aromatic heterocycles. The minimum atomic E-state index is 0.244. The van der Waals surface area contributed by atoms with E-state index in [2.05, 4.69) is 34.6 Å². The Morgan fingerprint density at radius 2 is 2.00 bits per heavy atom. The molecule has 2 rings (SSSR count). The van der Waals surface area contributed by atoms with Crippen molar-refractivity contribution in [3.8, 4) is 5.75 Å². The van der Waals surface area contributed by atoms with Crippen LogP contribution >= 0.6 is 11.6 Å². The van der Waals surface area contributed by atoms with Crippen molar-refractivity contribution >= 4 is 23.6 Å². The highest BCUT2D eigenvalue weighted by molar-refractivity contribution is 6.29. The molecular weight excluding hydrogens is 288 g/mol. The van der Waals surface area contributed by atoms with Gasteiger partial charge in [0.1, 0.15) is 5.75 Å². The second-order valence-electron chi connectivity index (χ2n) is 5.00. The number of nitrogens with one attached hydrogen (secondary N) is 1. The third-order valence-electron chi connectivity index (χ3n) is 3.08. The summed E-state index contributed by atoms with van der Waals surface area (Å²) in [5, 5.41) is 22.2. The number of hydrogen-bond donors (Lipinski definition) is 2. The predicted octanol–water partition coefficient (Wildman–Crippen LogP) is 3.71. The van der Waals surface area contributed by atoms with Crippen molar-refractivity contribution in [1.29, 1.82) is 0 Å². The van der Waals surface area contributed by atoms with Gasteiger partial charge in [0.15, 0.2) is 11.0 Å². The number of anilines is 1. The topological polar surface area (TPSA) is 70.4 Å². The molecule has 5 nitrogen and oxygen atoms in total. The molecule has 0 saturated heterocycles. The molecule has 0 spiro atoms. The normalized spacial score (nSPS) is 11.3. The second-order valence-corrected chi connectivity index (χ2v) is 5.39. The SMILES string of the molecule is Cc1ccc(C(C)C)c(/C=N/Nc2ccc(Cl)nn2)c1O. The number of hydrogen-bond acceptors (Lipinski definition) is 5. The second kappa shape index (κ2) is 6.54. The van der Waals surface area contributed by atoms with Gasteiger partial charge in [-0.2, -0.15) is 5.10 Å². The number of aryl methyl sites for hydroxylation is 1. The average molecular weight is 305 g/mol. The zero-order chi connectivity index (χ0) is 15.4. The van der Waals surface area contributed by atoms with E-state index in [1.165, 1.54) is 0 Å². The van der Waals surface area contributed by atoms with Gasteiger partial charge >= 0.3 is 0 Å². The van der Waals surface area contributed by atoms with E-state index in [4.69, 9.17) is 11.6 Å². The first-order valence-corrected chi connectivity index (χ1v) is 6.97. The summed E-state index contributed by atoms with van der Waals surface area (Å²) in [7, 11) is 0. The Balaban J connectivity index is 2.24. The molecule has 2 aromatic rings. The van der Waals surface area contributed by atoms with Crippen LogP contribution in [0.1, 0.15) is 36.5 Å². The lowest BCUT2D eigenvalue weighted by Gasteiger charge is -2.12. The highest BCUT2D eigenvalue weighted by Gasteiger charge is 2.11. The lowest BCUT2D eigenvalue weighted by Crippen LogP contribution is -2.00. The van der Waals surface area contributed by atoms with Gasteiger partial charge in [-0.15, -0.1) is 10.2 Å². The molecule has 0 bridgehead atoms. The Bertz CT molecular complexity index is 653. The van der Waals surface area contributed by atoms with E-state index in [-0.39, 0.29) is 11.7 Å². The number of phenolic OH excluding ortho intramolecular Hbond substituents is 1. The van der Waals surface area contributed by atoms with Gasteiger partial charge in [-0.05, 0) is 36.1 Å². The first-order valence-electron chi connectivity index (χ1n) is 6.60. The van der Waals surface area contributed by atoms with Crippen molar-refractivity contribution in [3.05, 3.63) is 46.1 Å². The van der Waals surface area contributed by atoms with Crippen LogP contribution in [0.25, 0.3) is 0 Å². The van der Waals surface area contributed by atoms with Gasteiger partial charge in [-0.1, -0.05) is 37.6 Å². The van der Waals surface area contributed by atoms with Crippen LogP contribution in [0.15, 0.2) is 29.4 Å². The molecule has 110 valence electrons. The first kappa shape index (κ1) is 15.3. The minimum absolute atomic E-state index is 0.244. The van der Waals surface area contributed by atoms with Gasteiger partial charge in [0.25, 0.3) is 0 Å². The summed E-state index contributed by atoms with van der Waals surface area (Å²) in [6.45, 7) is 5.99. The molecular formula is C15H17ClN4O. The highest BCUT2D eigenvalue weighted by atomic mass is 35.5. The fraction of sp³-hybridized carbons (Fsp3) is 0.267. The molecule has 6 heteroatoms. The third-order valence-corrected chi connectivity index (χ3v) is 3.28. The summed E-state index contributed by atoms with van der Waals surface area (Å²) in [6.07, 6.45) is 1.59. The zero-order valence-corrected chi connectivity index (χ0v) is 12.9. The number of nitrogens with zero attached hydrogens (tertiary/aromatic N) is 3. The van der Waals surface area contributed by atoms with E-state index in [1.54, 1.807) is 18.3 Å². The number of rotatable bonds is 4. The molecule has 0 aliphatic carbocycles. The number of hydrazone groups is 1. The Morgan fingerprint density at radius 3 is 2.62 bits per heavy atom. The number of aromatic nitrogens is 2. The van der Waals surface area contributed by atoms with Crippen molar-refractivity contribution in [1.82, 2.24) is 10.2 Å². The lowest BCUT2D eigenvalue weighted by atomic mass is 9.95. The van der Waals surface area contributed by atoms with E-state index in [0.717, 1.165) is 11.1 Å². The Labute approximate surface area is 128 Å². The van der Waals surface area contributed by atoms with Gasteiger partial charge in [-0.3, -0.25) is 5.43 Å². The number of aromatic hydroxyl groups is 1. The molecule has 21 heavy (non-hydrogen) atoms. The summed E-state index contributed by atoms with van der Waals surface area (Å²) in [5.41, 5.74) is 5.31. The van der Waals surface area contributed by atoms with Gasteiger partial charge < -0.3 is 5.11 Å². The van der Waals surface area contributed by atoms with E-state index < -0.39 is 0 Å². The summed E-state index contributed by atoms with van der Waals surface area (Å²) in [4.78, 5) is 0. The van der Waals surface area contributed by atoms with Crippen LogP contribution in [0.4, 0.5) is 5.82 Å². The minimum Gasteiger partial charge on any atom is -0.507 e. The molecule has 0 radical (unpaired) electrons. The molecule has 0 aliphatic heterocycles. The van der Waals surface area contributed by atoms with Gasteiger partial charge in [0.2, 0.25) is 0 Å². The maximum atomic E-state index is 10.2. The first-order chi connectivity index (χ1) is 9.99. The maximum absolute atomic E-state index is 10.2. The van der Waals surface area contributed by atoms with Crippen LogP contribution in [0, 0.1) is 6.92 Å². The fourth-order valence-electron chi connectivity index (χ4n) is 1.91. The summed E-state index contributed by atoms with van der Waals surface area (Å²) in [5.74, 6) is 1.01. The van der Waals surface area contributed by atoms with Gasteiger partial charge in [-0.25, -0.2) is 0 Å². The average Bonchev–Trinajstić information content (AvgIpc) is 2.45. The van der Waals surface area contributed by atoms with Crippen LogP contribution in [0.3, 0.4) is 0 Å². The van der Waals surface area contributed by atoms with Crippen LogP contribution in [-0.2, 0) is 0 Å². The lowest BCUT2D eigenvalue weighted by molar-refractivity contribution is 0.469. The highest BCUT2D eigenvalue weighted by Crippen LogP contribution is 2.28. The Kier molecular flexibility index (Phi) is 4.75. The van der Waals surface area contributed by atoms with E-state index in [0.29, 0.717) is 16.5 Å². The molecule has 1 aromatic carbocycles. The summed E-state index contributed by atoms with van der Waals surface area (Å²) < 4.78 is 0. The van der Waals surface area contributed by atoms with Gasteiger partial charge in [0.05, 0.1) is 6.21 Å². The van der Waals surface area contributed by atoms with Crippen molar-refractivity contribution in [2.24, 2.45) is 5.10 Å². The van der Waals surface area contributed by atoms with Crippen LogP contribution < -0.4 is 5.43 Å². The fourth-order valence-corrected chi connectivity index (χ4v) is 2.01. The summed E-state index contributed by atoms with van der Waals surface area (Å²) >= 11 is 5.66. The molecule has 0 fully saturated rings. The summed E-state index contributed by atoms with van der Waals surface area (Å²) in [6, 6.07) is 7.20. The van der Waals surface area contributed by atoms with E-state index in [1.807, 2.05) is 19.1 Å². The van der Waals surface area contributed by atoms with Crippen LogP contribution in [-0.4, -0.2) is 21.5 Å². The Hall–Kier alpha value is -2.14. The van der Waals surface area contributed by atoms with Gasteiger partial charge in [0, 0.05) is 5.56 Å². The largest absolute Gasteiger partial charge is 0.507 e. The molecule has 0 saturated carbocycles. The zero-order valence-electron chi connectivity index (χ0n) is 12.1. The van der Waals surface area contributed by atoms with Crippen LogP contribution in [0.2, 0.25) is 5.15 Å². The molecule has 0 amide bonds. The van der Waals surface area contributed by atoms with E-state index in [9.17, 15) is 5.11 Å². The van der Waals surface area contributed by atoms with Crippen molar-refractivity contribution < 1.29 is 5.11 Å². The maximum Gasteiger partial charge on any atom is 0.168 e. The third kappa shape index (κ3) is 3.70. The standard InChI is InChI=1S/C15H17ClN4O/c1-9(2)11-5-4-10(3)15(21)12(11)8-17-19-14-7-6-13(16)18-20-14/h4-9,21H,1-3H3,(H,19,20)/b17-8+. The van der Waals surface area contributed by atoms with Crippen molar-refractivity contribution in [2.75, 3.05) is 5.43 Å². The quantitative estimate of drug-likeness (QED) is 0.667. The molecule has 0 aliphatic rings. The van der Waals surface area contributed by atoms with Crippen molar-refractivity contribution in [3.63, 3.8) is 0 Å². The number of benzene rings is 1. The molecule has 1 heterocycles. The molecule has 0 unspecified atom stereocenters. The molecule has 2 N–H and O–H groups in total. The van der Waals surface area contributed by atoms with Crippen molar-refractivity contribution in [2.45, 2.75) is 26.7 Å². The van der Waals surface area contributed by atoms with E-state index >= 15 is 0 Å². The molecule has 0 atom stereocenters.